The van der Waals surface area contributed by atoms with Crippen LogP contribution in [0.3, 0.4) is 0 Å². The molecule has 8 heteroatoms. The molecule has 2 saturated heterocycles. The summed E-state index contributed by atoms with van der Waals surface area (Å²) in [5.41, 5.74) is 8.02. The van der Waals surface area contributed by atoms with Gasteiger partial charge in [0.2, 0.25) is 0 Å². The predicted octanol–water partition coefficient (Wildman–Crippen LogP) is 1.39. The van der Waals surface area contributed by atoms with Crippen LogP contribution in [0.15, 0.2) is 30.6 Å². The summed E-state index contributed by atoms with van der Waals surface area (Å²) in [7, 11) is 0. The number of carbonyl (C=O) groups is 2. The molecule has 0 saturated carbocycles. The van der Waals surface area contributed by atoms with E-state index in [0.717, 1.165) is 32.5 Å². The molecule has 1 unspecified atom stereocenters. The van der Waals surface area contributed by atoms with Gasteiger partial charge in [-0.3, -0.25) is 9.59 Å². The Morgan fingerprint density at radius 2 is 1.94 bits per heavy atom. The van der Waals surface area contributed by atoms with E-state index in [0.29, 0.717) is 36.2 Å². The summed E-state index contributed by atoms with van der Waals surface area (Å²) >= 11 is 0. The maximum Gasteiger partial charge on any atom is 0.268 e. The molecule has 1 aromatic carbocycles. The van der Waals surface area contributed by atoms with Crippen LogP contribution < -0.4 is 5.73 Å². The monoisotopic (exact) mass is 418 g/mol. The van der Waals surface area contributed by atoms with E-state index in [2.05, 4.69) is 27.0 Å². The molecule has 2 aliphatic rings. The van der Waals surface area contributed by atoms with Crippen molar-refractivity contribution in [1.82, 2.24) is 19.8 Å². The van der Waals surface area contributed by atoms with Gasteiger partial charge in [0, 0.05) is 26.2 Å². The van der Waals surface area contributed by atoms with E-state index in [-0.39, 0.29) is 17.2 Å². The number of aromatic nitrogens is 2. The zero-order valence-electron chi connectivity index (χ0n) is 17.6. The first-order valence-electron chi connectivity index (χ1n) is 10.6. The molecule has 2 amide bonds. The molecule has 1 aromatic heterocycles. The fraction of sp³-hybridized carbons (Fsp3) is 0.435. The highest BCUT2D eigenvalue weighted by atomic mass is 16.2. The average molecular weight is 419 g/mol. The molecule has 4 rings (SSSR count). The number of hydrogen-bond acceptors (Lipinski definition) is 6. The topological polar surface area (TPSA) is 116 Å². The fourth-order valence-electron chi connectivity index (χ4n) is 4.82. The van der Waals surface area contributed by atoms with E-state index >= 15 is 0 Å². The Kier molecular flexibility index (Phi) is 5.96. The number of nitrogens with zero attached hydrogens (tertiary/aromatic N) is 5. The second kappa shape index (κ2) is 8.82. The molecule has 160 valence electrons. The summed E-state index contributed by atoms with van der Waals surface area (Å²) in [6, 6.07) is 9.97. The molecule has 2 aromatic rings. The summed E-state index contributed by atoms with van der Waals surface area (Å²) < 4.78 is 0. The number of hydrogen-bond donors (Lipinski definition) is 1. The van der Waals surface area contributed by atoms with Gasteiger partial charge < -0.3 is 15.5 Å². The van der Waals surface area contributed by atoms with Crippen LogP contribution in [0.2, 0.25) is 0 Å². The minimum absolute atomic E-state index is 0.00310. The minimum atomic E-state index is -0.709. The lowest BCUT2D eigenvalue weighted by Gasteiger charge is -2.22. The molecule has 0 spiro atoms. The lowest BCUT2D eigenvalue weighted by Crippen LogP contribution is -2.35. The second-order valence-corrected chi connectivity index (χ2v) is 8.45. The summed E-state index contributed by atoms with van der Waals surface area (Å²) in [4.78, 5) is 37.1. The molecular weight excluding hydrogens is 392 g/mol. The van der Waals surface area contributed by atoms with Gasteiger partial charge in [0.25, 0.3) is 11.8 Å². The van der Waals surface area contributed by atoms with Gasteiger partial charge in [0.05, 0.1) is 22.9 Å². The third kappa shape index (κ3) is 4.42. The number of primary amides is 1. The normalized spacial score (nSPS) is 20.5. The van der Waals surface area contributed by atoms with Crippen LogP contribution in [0.4, 0.5) is 0 Å². The number of rotatable bonds is 6. The Bertz CT molecular complexity index is 1030. The van der Waals surface area contributed by atoms with E-state index < -0.39 is 5.91 Å². The summed E-state index contributed by atoms with van der Waals surface area (Å²) in [5.74, 6) is -0.0365. The van der Waals surface area contributed by atoms with Crippen molar-refractivity contribution in [2.45, 2.75) is 19.8 Å². The lowest BCUT2D eigenvalue weighted by atomic mass is 10.0. The number of aryl methyl sites for hydroxylation is 2. The minimum Gasteiger partial charge on any atom is -0.364 e. The molecule has 2 fully saturated rings. The van der Waals surface area contributed by atoms with Crippen molar-refractivity contribution in [2.75, 3.05) is 32.7 Å². The highest BCUT2D eigenvalue weighted by Gasteiger charge is 2.42. The Morgan fingerprint density at radius 3 is 2.61 bits per heavy atom. The third-order valence-corrected chi connectivity index (χ3v) is 6.33. The Hall–Kier alpha value is -3.31. The van der Waals surface area contributed by atoms with Gasteiger partial charge in [-0.1, -0.05) is 12.1 Å². The Labute approximate surface area is 181 Å². The summed E-state index contributed by atoms with van der Waals surface area (Å²) in [6.07, 6.45) is 3.26. The number of nitrogens with two attached hydrogens (primary N) is 1. The van der Waals surface area contributed by atoms with Gasteiger partial charge in [-0.15, -0.1) is 0 Å². The van der Waals surface area contributed by atoms with Gasteiger partial charge in [-0.05, 0) is 55.8 Å². The number of carbonyl (C=O) groups excluding carboxylic acids is 2. The predicted molar refractivity (Wildman–Crippen MR) is 114 cm³/mol. The van der Waals surface area contributed by atoms with Crippen molar-refractivity contribution in [3.05, 3.63) is 58.7 Å². The van der Waals surface area contributed by atoms with E-state index in [1.54, 1.807) is 6.92 Å². The quantitative estimate of drug-likeness (QED) is 0.758. The van der Waals surface area contributed by atoms with Crippen LogP contribution in [0.25, 0.3) is 0 Å². The van der Waals surface area contributed by atoms with E-state index in [1.807, 2.05) is 23.1 Å². The van der Waals surface area contributed by atoms with Crippen LogP contribution >= 0.6 is 0 Å². The summed E-state index contributed by atoms with van der Waals surface area (Å²) in [5, 5.41) is 9.03. The largest absolute Gasteiger partial charge is 0.364 e. The van der Waals surface area contributed by atoms with Crippen LogP contribution in [-0.4, -0.2) is 64.3 Å². The molecule has 3 heterocycles. The zero-order chi connectivity index (χ0) is 22.0. The zero-order valence-corrected chi connectivity index (χ0v) is 17.6. The van der Waals surface area contributed by atoms with Crippen LogP contribution in [0.5, 0.6) is 0 Å². The van der Waals surface area contributed by atoms with Gasteiger partial charge in [0.15, 0.2) is 0 Å². The molecule has 0 bridgehead atoms. The molecular formula is C23H26N6O2. The Balaban J connectivity index is 1.31. The van der Waals surface area contributed by atoms with Crippen LogP contribution in [0, 0.1) is 30.1 Å². The van der Waals surface area contributed by atoms with E-state index in [1.165, 1.54) is 11.9 Å². The van der Waals surface area contributed by atoms with Crippen LogP contribution in [-0.2, 0) is 6.42 Å². The van der Waals surface area contributed by atoms with Crippen molar-refractivity contribution in [3.63, 3.8) is 0 Å². The van der Waals surface area contributed by atoms with Gasteiger partial charge in [0.1, 0.15) is 12.0 Å². The van der Waals surface area contributed by atoms with Crippen LogP contribution in [0.1, 0.15) is 44.1 Å². The summed E-state index contributed by atoms with van der Waals surface area (Å²) in [6.45, 7) is 6.01. The molecule has 0 radical (unpaired) electrons. The highest BCUT2D eigenvalue weighted by Crippen LogP contribution is 2.32. The van der Waals surface area contributed by atoms with Crippen molar-refractivity contribution < 1.29 is 9.59 Å². The molecule has 2 aliphatic heterocycles. The first kappa shape index (κ1) is 20.9. The van der Waals surface area contributed by atoms with Crippen molar-refractivity contribution >= 4 is 11.8 Å². The molecule has 2 atom stereocenters. The first-order chi connectivity index (χ1) is 15.0. The highest BCUT2D eigenvalue weighted by molar-refractivity contribution is 6.06. The van der Waals surface area contributed by atoms with E-state index in [9.17, 15) is 9.59 Å². The number of nitriles is 1. The molecule has 0 aliphatic carbocycles. The standard InChI is InChI=1S/C23H26N6O2/c1-15-20(21(22(25)30)27-14-26-15)23(31)29-12-18-10-28(11-19(18)13-29)7-3-6-16-4-2-5-17(8-16)9-24/h2,4-5,8,14,18-19H,3,6-7,10-13H2,1H3,(H2,25,30)/t18-,19?/m0/s1. The molecule has 8 nitrogen and oxygen atoms in total. The molecule has 31 heavy (non-hydrogen) atoms. The smallest absolute Gasteiger partial charge is 0.268 e. The number of fused-ring (bicyclic) bond motifs is 1. The van der Waals surface area contributed by atoms with E-state index in [4.69, 9.17) is 11.0 Å². The fourth-order valence-corrected chi connectivity index (χ4v) is 4.82. The SMILES string of the molecule is Cc1ncnc(C(N)=O)c1C(=O)N1CC2CN(CCCc3cccc(C#N)c3)C[C@H]2C1. The number of likely N-dealkylation sites (tertiary alicyclic amines) is 2. The maximum absolute atomic E-state index is 13.1. The van der Waals surface area contributed by atoms with Crippen molar-refractivity contribution in [2.24, 2.45) is 17.6 Å². The van der Waals surface area contributed by atoms with Gasteiger partial charge >= 0.3 is 0 Å². The average Bonchev–Trinajstić information content (AvgIpc) is 3.32. The second-order valence-electron chi connectivity index (χ2n) is 8.45. The first-order valence-corrected chi connectivity index (χ1v) is 10.6. The van der Waals surface area contributed by atoms with Crippen molar-refractivity contribution in [1.29, 1.82) is 5.26 Å². The number of amides is 2. The maximum atomic E-state index is 13.1. The van der Waals surface area contributed by atoms with Gasteiger partial charge in [-0.25, -0.2) is 9.97 Å². The Morgan fingerprint density at radius 1 is 1.19 bits per heavy atom. The van der Waals surface area contributed by atoms with Gasteiger partial charge in [-0.2, -0.15) is 5.26 Å². The third-order valence-electron chi connectivity index (χ3n) is 6.33. The lowest BCUT2D eigenvalue weighted by molar-refractivity contribution is 0.0766. The molecule has 2 N–H and O–H groups in total. The van der Waals surface area contributed by atoms with Crippen molar-refractivity contribution in [3.8, 4) is 6.07 Å². The number of benzene rings is 1.